The Hall–Kier alpha value is -2.68. The summed E-state index contributed by atoms with van der Waals surface area (Å²) >= 11 is 0. The Labute approximate surface area is 165 Å². The molecule has 0 amide bonds. The van der Waals surface area contributed by atoms with Crippen molar-refractivity contribution in [3.05, 3.63) is 59.2 Å². The summed E-state index contributed by atoms with van der Waals surface area (Å²) in [6.45, 7) is 3.08. The fraction of sp³-hybridized carbons (Fsp3) is 0.400. The average molecular weight is 410 g/mol. The standard InChI is InChI=1S/C20H22F4N4O/c1-3-15(21)10-14(5-4-6-20(22,23)24)19(7-8-19)26-18-9-13(2)25-17-11-16(12-29)27-28(17)18/h3-5,9-11,26,29H,6-8,12H2,1-2H3/b5-4-,14-10+,15-3+. The number of aromatic nitrogens is 3. The molecule has 1 aliphatic carbocycles. The molecule has 0 unspecified atom stereocenters. The van der Waals surface area contributed by atoms with Gasteiger partial charge in [-0.3, -0.25) is 0 Å². The molecule has 29 heavy (non-hydrogen) atoms. The first-order valence-corrected chi connectivity index (χ1v) is 9.18. The van der Waals surface area contributed by atoms with Gasteiger partial charge in [-0.1, -0.05) is 18.2 Å². The third-order valence-corrected chi connectivity index (χ3v) is 4.65. The van der Waals surface area contributed by atoms with Gasteiger partial charge in [-0.05, 0) is 38.3 Å². The van der Waals surface area contributed by atoms with Crippen molar-refractivity contribution in [1.82, 2.24) is 14.6 Å². The number of aliphatic hydroxyl groups excluding tert-OH is 1. The smallest absolute Gasteiger partial charge is 0.390 e. The van der Waals surface area contributed by atoms with E-state index >= 15 is 0 Å². The van der Waals surface area contributed by atoms with Gasteiger partial charge in [-0.2, -0.15) is 22.8 Å². The van der Waals surface area contributed by atoms with Crippen molar-refractivity contribution in [3.63, 3.8) is 0 Å². The molecule has 0 spiro atoms. The topological polar surface area (TPSA) is 62.5 Å². The number of hydrogen-bond acceptors (Lipinski definition) is 4. The van der Waals surface area contributed by atoms with Crippen molar-refractivity contribution in [2.45, 2.75) is 51.4 Å². The summed E-state index contributed by atoms with van der Waals surface area (Å²) in [7, 11) is 0. The lowest BCUT2D eigenvalue weighted by Crippen LogP contribution is -2.25. The molecule has 0 bridgehead atoms. The predicted molar refractivity (Wildman–Crippen MR) is 102 cm³/mol. The SMILES string of the molecule is C\C=C(F)/C=C(\C=C/CC(F)(F)F)C1(Nc2cc(C)nc3cc(CO)nn23)CC1. The Morgan fingerprint density at radius 1 is 1.34 bits per heavy atom. The fourth-order valence-electron chi connectivity index (χ4n) is 3.07. The molecule has 0 aliphatic heterocycles. The summed E-state index contributed by atoms with van der Waals surface area (Å²) in [5.74, 6) is 0.0446. The van der Waals surface area contributed by atoms with E-state index in [9.17, 15) is 22.7 Å². The molecule has 1 saturated carbocycles. The van der Waals surface area contributed by atoms with E-state index in [0.29, 0.717) is 41.3 Å². The second-order valence-electron chi connectivity index (χ2n) is 7.05. The minimum atomic E-state index is -4.32. The van der Waals surface area contributed by atoms with Gasteiger partial charge in [0.15, 0.2) is 5.65 Å². The van der Waals surface area contributed by atoms with Gasteiger partial charge in [0.05, 0.1) is 24.3 Å². The number of nitrogens with one attached hydrogen (secondary N) is 1. The maximum Gasteiger partial charge on any atom is 0.392 e. The predicted octanol–water partition coefficient (Wildman–Crippen LogP) is 4.78. The van der Waals surface area contributed by atoms with Gasteiger partial charge in [0.25, 0.3) is 0 Å². The van der Waals surface area contributed by atoms with Crippen LogP contribution in [-0.4, -0.2) is 31.4 Å². The normalized spacial score (nSPS) is 17.3. The second kappa shape index (κ2) is 7.98. The van der Waals surface area contributed by atoms with Gasteiger partial charge >= 0.3 is 6.18 Å². The minimum Gasteiger partial charge on any atom is -0.390 e. The zero-order valence-electron chi connectivity index (χ0n) is 16.1. The molecule has 5 nitrogen and oxygen atoms in total. The summed E-state index contributed by atoms with van der Waals surface area (Å²) < 4.78 is 53.1. The zero-order chi connectivity index (χ0) is 21.2. The molecule has 0 atom stereocenters. The summed E-state index contributed by atoms with van der Waals surface area (Å²) in [5, 5.41) is 16.9. The van der Waals surface area contributed by atoms with Gasteiger partial charge in [-0.25, -0.2) is 9.37 Å². The first-order chi connectivity index (χ1) is 13.7. The molecule has 156 valence electrons. The Morgan fingerprint density at radius 2 is 2.07 bits per heavy atom. The maximum absolute atomic E-state index is 14.0. The second-order valence-corrected chi connectivity index (χ2v) is 7.05. The van der Waals surface area contributed by atoms with E-state index in [2.05, 4.69) is 15.4 Å². The molecule has 2 N–H and O–H groups in total. The number of fused-ring (bicyclic) bond motifs is 1. The van der Waals surface area contributed by atoms with Crippen LogP contribution >= 0.6 is 0 Å². The molecule has 0 radical (unpaired) electrons. The van der Waals surface area contributed by atoms with Crippen LogP contribution < -0.4 is 5.32 Å². The molecule has 0 aromatic carbocycles. The molecule has 2 heterocycles. The third kappa shape index (κ3) is 5.03. The zero-order valence-corrected chi connectivity index (χ0v) is 16.1. The Kier molecular flexibility index (Phi) is 5.79. The maximum atomic E-state index is 14.0. The van der Waals surface area contributed by atoms with Crippen molar-refractivity contribution in [2.75, 3.05) is 5.32 Å². The quantitative estimate of drug-likeness (QED) is 0.509. The lowest BCUT2D eigenvalue weighted by Gasteiger charge is -2.21. The highest BCUT2D eigenvalue weighted by Gasteiger charge is 2.46. The first-order valence-electron chi connectivity index (χ1n) is 9.18. The first kappa shape index (κ1) is 21.0. The molecule has 1 aliphatic rings. The van der Waals surface area contributed by atoms with E-state index in [1.807, 2.05) is 0 Å². The molecule has 2 aromatic rings. The van der Waals surface area contributed by atoms with Gasteiger partial charge in [-0.15, -0.1) is 0 Å². The van der Waals surface area contributed by atoms with Crippen LogP contribution in [-0.2, 0) is 6.61 Å². The number of aryl methyl sites for hydroxylation is 1. The number of aliphatic hydroxyl groups is 1. The molecular weight excluding hydrogens is 388 g/mol. The third-order valence-electron chi connectivity index (χ3n) is 4.65. The monoisotopic (exact) mass is 410 g/mol. The number of allylic oxidation sites excluding steroid dienone is 4. The highest BCUT2D eigenvalue weighted by atomic mass is 19.4. The Morgan fingerprint density at radius 3 is 2.66 bits per heavy atom. The summed E-state index contributed by atoms with van der Waals surface area (Å²) in [6.07, 6.45) is 0.673. The number of halogens is 4. The van der Waals surface area contributed by atoms with Crippen molar-refractivity contribution in [1.29, 1.82) is 0 Å². The Balaban J connectivity index is 1.97. The van der Waals surface area contributed by atoms with E-state index in [4.69, 9.17) is 0 Å². The van der Waals surface area contributed by atoms with Crippen molar-refractivity contribution < 1.29 is 22.7 Å². The average Bonchev–Trinajstić information content (AvgIpc) is 3.29. The van der Waals surface area contributed by atoms with Crippen molar-refractivity contribution >= 4 is 11.5 Å². The molecular formula is C20H22F4N4O. The summed E-state index contributed by atoms with van der Waals surface area (Å²) in [6, 6.07) is 3.40. The minimum absolute atomic E-state index is 0.245. The number of hydrogen-bond donors (Lipinski definition) is 2. The van der Waals surface area contributed by atoms with Crippen LogP contribution in [0.4, 0.5) is 23.4 Å². The van der Waals surface area contributed by atoms with Gasteiger partial charge in [0.1, 0.15) is 11.6 Å². The van der Waals surface area contributed by atoms with Crippen molar-refractivity contribution in [2.24, 2.45) is 0 Å². The van der Waals surface area contributed by atoms with Crippen LogP contribution in [0.3, 0.4) is 0 Å². The van der Waals surface area contributed by atoms with Gasteiger partial charge < -0.3 is 10.4 Å². The number of nitrogens with zero attached hydrogens (tertiary/aromatic N) is 3. The van der Waals surface area contributed by atoms with Gasteiger partial charge in [0, 0.05) is 17.8 Å². The number of anilines is 1. The van der Waals surface area contributed by atoms with Crippen LogP contribution in [0.1, 0.15) is 37.6 Å². The lowest BCUT2D eigenvalue weighted by molar-refractivity contribution is -0.125. The van der Waals surface area contributed by atoms with Crippen LogP contribution in [0, 0.1) is 6.92 Å². The van der Waals surface area contributed by atoms with Crippen LogP contribution in [0.2, 0.25) is 0 Å². The van der Waals surface area contributed by atoms with E-state index in [1.165, 1.54) is 29.7 Å². The Bertz CT molecular complexity index is 984. The van der Waals surface area contributed by atoms with E-state index in [0.717, 1.165) is 6.08 Å². The fourth-order valence-corrected chi connectivity index (χ4v) is 3.07. The molecule has 2 aromatic heterocycles. The summed E-state index contributed by atoms with van der Waals surface area (Å²) in [4.78, 5) is 4.37. The summed E-state index contributed by atoms with van der Waals surface area (Å²) in [5.41, 5.74) is 1.41. The van der Waals surface area contributed by atoms with Crippen molar-refractivity contribution in [3.8, 4) is 0 Å². The highest BCUT2D eigenvalue weighted by Crippen LogP contribution is 2.46. The molecule has 0 saturated heterocycles. The molecule has 9 heteroatoms. The largest absolute Gasteiger partial charge is 0.392 e. The number of rotatable bonds is 7. The van der Waals surface area contributed by atoms with Gasteiger partial charge in [0.2, 0.25) is 0 Å². The van der Waals surface area contributed by atoms with E-state index in [1.54, 1.807) is 19.1 Å². The van der Waals surface area contributed by atoms with Crippen LogP contribution in [0.25, 0.3) is 5.65 Å². The van der Waals surface area contributed by atoms with E-state index < -0.39 is 24.0 Å². The highest BCUT2D eigenvalue weighted by molar-refractivity contribution is 5.56. The molecule has 3 rings (SSSR count). The molecule has 1 fully saturated rings. The van der Waals surface area contributed by atoms with Crippen LogP contribution in [0.15, 0.2) is 47.8 Å². The lowest BCUT2D eigenvalue weighted by atomic mass is 10.0. The number of alkyl halides is 3. The van der Waals surface area contributed by atoms with Crippen LogP contribution in [0.5, 0.6) is 0 Å². The van der Waals surface area contributed by atoms with E-state index in [-0.39, 0.29) is 6.61 Å².